The third-order valence-corrected chi connectivity index (χ3v) is 8.41. The lowest BCUT2D eigenvalue weighted by molar-refractivity contribution is -0.310. The molecule has 16 nitrogen and oxygen atoms in total. The number of amides is 2. The molecule has 3 heterocycles. The monoisotopic (exact) mass is 679 g/mol. The first-order valence-electron chi connectivity index (χ1n) is 15.9. The maximum atomic E-state index is 12.5. The van der Waals surface area contributed by atoms with E-state index in [0.717, 1.165) is 16.5 Å². The van der Waals surface area contributed by atoms with Crippen LogP contribution in [-0.4, -0.2) is 108 Å². The molecule has 2 amide bonds. The van der Waals surface area contributed by atoms with E-state index in [0.29, 0.717) is 42.8 Å². The molecule has 2 aromatic carbocycles. The smallest absolute Gasteiger partial charge is 0.364 e. The van der Waals surface area contributed by atoms with Gasteiger partial charge in [0.15, 0.2) is 0 Å². The van der Waals surface area contributed by atoms with Gasteiger partial charge in [-0.05, 0) is 55.2 Å². The Balaban J connectivity index is 1.18. The van der Waals surface area contributed by atoms with Crippen LogP contribution in [0, 0.1) is 0 Å². The summed E-state index contributed by atoms with van der Waals surface area (Å²) in [4.78, 5) is 40.1. The highest BCUT2D eigenvalue weighted by Gasteiger charge is 2.55. The van der Waals surface area contributed by atoms with Gasteiger partial charge >= 0.3 is 5.97 Å². The van der Waals surface area contributed by atoms with Crippen molar-refractivity contribution in [2.75, 3.05) is 18.9 Å². The van der Waals surface area contributed by atoms with Gasteiger partial charge in [0.1, 0.15) is 12.2 Å². The van der Waals surface area contributed by atoms with Crippen LogP contribution in [0.1, 0.15) is 41.4 Å². The summed E-state index contributed by atoms with van der Waals surface area (Å²) >= 11 is 0. The summed E-state index contributed by atoms with van der Waals surface area (Å²) in [7, 11) is 0. The second-order valence-electron chi connectivity index (χ2n) is 12.1. The highest BCUT2D eigenvalue weighted by molar-refractivity contribution is 5.94. The Morgan fingerprint density at radius 1 is 1.18 bits per heavy atom. The molecule has 4 aromatic rings. The number of nitrogens with one attached hydrogen (secondary N) is 3. The van der Waals surface area contributed by atoms with E-state index in [9.17, 15) is 34.8 Å². The highest BCUT2D eigenvalue weighted by atomic mass is 16.7. The van der Waals surface area contributed by atoms with Crippen LogP contribution in [0.15, 0.2) is 60.9 Å². The molecule has 0 bridgehead atoms. The Morgan fingerprint density at radius 2 is 1.96 bits per heavy atom. The van der Waals surface area contributed by atoms with Gasteiger partial charge in [-0.15, -0.1) is 5.10 Å². The Kier molecular flexibility index (Phi) is 11.3. The molecular weight excluding hydrogens is 638 g/mol. The molecule has 0 aliphatic carbocycles. The zero-order chi connectivity index (χ0) is 35.1. The van der Waals surface area contributed by atoms with Gasteiger partial charge in [0.25, 0.3) is 11.7 Å². The van der Waals surface area contributed by atoms with Crippen molar-refractivity contribution < 1.29 is 44.3 Å². The number of carboxylic acids is 1. The Bertz CT molecular complexity index is 1750. The molecule has 2 aromatic heterocycles. The lowest BCUT2D eigenvalue weighted by Gasteiger charge is -2.46. The number of carbonyl (C=O) groups excluding carboxylic acids is 2. The number of benzene rings is 2. The predicted molar refractivity (Wildman–Crippen MR) is 175 cm³/mol. The number of H-pyrrole nitrogens is 1. The summed E-state index contributed by atoms with van der Waals surface area (Å²) in [5, 5.41) is 57.3. The number of nitrogen functional groups attached to an aromatic ring is 1. The van der Waals surface area contributed by atoms with Crippen LogP contribution in [0.25, 0.3) is 10.9 Å². The van der Waals surface area contributed by atoms with Crippen molar-refractivity contribution in [3.63, 3.8) is 0 Å². The number of carboxylic acid groups (broad SMARTS) is 1. The van der Waals surface area contributed by atoms with Crippen LogP contribution >= 0.6 is 0 Å². The van der Waals surface area contributed by atoms with Crippen LogP contribution in [0.4, 0.5) is 5.69 Å². The Morgan fingerprint density at radius 3 is 2.69 bits per heavy atom. The standard InChI is InChI=1S/C33H41N7O9/c1-19(41)37-28-26(42)15-33(32(46)47,49-30(28)29(44)27(43)17-36-31(45)20-6-3-2-4-7-20)48-13-5-8-23-18-40(39-38-23)12-11-21-16-35-25-10-9-22(34)14-24(21)25/h2-4,6-7,9-10,14,16,18,26-30,35,42-44H,5,8,11-13,15,17,34H2,1H3,(H,36,45)(H,37,41)(H,46,47)/t26-,27+,28+,29+,30?,33+/m0/s1. The number of hydrogen-bond donors (Lipinski definition) is 8. The molecule has 0 radical (unpaired) electrons. The molecule has 16 heteroatoms. The van der Waals surface area contributed by atoms with Gasteiger partial charge in [0.2, 0.25) is 5.91 Å². The van der Waals surface area contributed by atoms with Crippen LogP contribution < -0.4 is 16.4 Å². The number of hydrogen-bond acceptors (Lipinski definition) is 11. The summed E-state index contributed by atoms with van der Waals surface area (Å²) in [6, 6.07) is 12.6. The number of ether oxygens (including phenoxy) is 2. The van der Waals surface area contributed by atoms with Crippen molar-refractivity contribution in [3.05, 3.63) is 77.7 Å². The number of aliphatic hydroxyl groups is 3. The van der Waals surface area contributed by atoms with E-state index in [1.165, 1.54) is 6.92 Å². The van der Waals surface area contributed by atoms with Gasteiger partial charge in [0, 0.05) is 61.0 Å². The van der Waals surface area contributed by atoms with E-state index < -0.39 is 67.0 Å². The summed E-state index contributed by atoms with van der Waals surface area (Å²) in [5.74, 6) is -5.08. The van der Waals surface area contributed by atoms with E-state index in [1.807, 2.05) is 24.4 Å². The number of rotatable bonds is 15. The van der Waals surface area contributed by atoms with Crippen molar-refractivity contribution in [2.24, 2.45) is 0 Å². The van der Waals surface area contributed by atoms with Gasteiger partial charge < -0.3 is 51.3 Å². The van der Waals surface area contributed by atoms with E-state index in [4.69, 9.17) is 15.2 Å². The number of nitrogens with zero attached hydrogens (tertiary/aromatic N) is 3. The quantitative estimate of drug-likeness (QED) is 0.0617. The maximum Gasteiger partial charge on any atom is 0.364 e. The number of fused-ring (bicyclic) bond motifs is 1. The fourth-order valence-corrected chi connectivity index (χ4v) is 5.87. The number of anilines is 1. The van der Waals surface area contributed by atoms with Crippen molar-refractivity contribution in [1.29, 1.82) is 0 Å². The molecular formula is C33H41N7O9. The summed E-state index contributed by atoms with van der Waals surface area (Å²) < 4.78 is 13.2. The Labute approximate surface area is 281 Å². The summed E-state index contributed by atoms with van der Waals surface area (Å²) in [6.45, 7) is 1.18. The fourth-order valence-electron chi connectivity index (χ4n) is 5.87. The third-order valence-electron chi connectivity index (χ3n) is 8.41. The molecule has 49 heavy (non-hydrogen) atoms. The first kappa shape index (κ1) is 35.4. The van der Waals surface area contributed by atoms with Gasteiger partial charge in [-0.3, -0.25) is 14.3 Å². The fraction of sp³-hybridized carbons (Fsp3) is 0.424. The zero-order valence-corrected chi connectivity index (χ0v) is 26.9. The molecule has 0 spiro atoms. The van der Waals surface area contributed by atoms with E-state index >= 15 is 0 Å². The number of aromatic nitrogens is 4. The maximum absolute atomic E-state index is 12.5. The van der Waals surface area contributed by atoms with Crippen LogP contribution in [0.2, 0.25) is 0 Å². The number of nitrogens with two attached hydrogens (primary N) is 1. The van der Waals surface area contributed by atoms with Gasteiger partial charge in [-0.1, -0.05) is 23.4 Å². The minimum absolute atomic E-state index is 0.133. The van der Waals surface area contributed by atoms with E-state index in [2.05, 4.69) is 25.9 Å². The van der Waals surface area contributed by atoms with Crippen LogP contribution in [0.3, 0.4) is 0 Å². The lowest BCUT2D eigenvalue weighted by Crippen LogP contribution is -2.68. The zero-order valence-electron chi connectivity index (χ0n) is 26.9. The number of aliphatic hydroxyl groups excluding tert-OH is 3. The number of aliphatic carboxylic acids is 1. The second-order valence-corrected chi connectivity index (χ2v) is 12.1. The first-order chi connectivity index (χ1) is 23.5. The second kappa shape index (κ2) is 15.6. The molecule has 0 saturated carbocycles. The van der Waals surface area contributed by atoms with Crippen molar-refractivity contribution in [2.45, 2.75) is 75.4 Å². The first-order valence-corrected chi connectivity index (χ1v) is 15.9. The number of carbonyl (C=O) groups is 3. The number of aromatic amines is 1. The van der Waals surface area contributed by atoms with Crippen LogP contribution in [0.5, 0.6) is 0 Å². The van der Waals surface area contributed by atoms with E-state index in [1.54, 1.807) is 41.2 Å². The molecule has 1 aliphatic heterocycles. The normalized spacial score (nSPS) is 22.0. The molecule has 9 N–H and O–H groups in total. The number of aryl methyl sites for hydroxylation is 3. The molecule has 1 fully saturated rings. The molecule has 262 valence electrons. The lowest BCUT2D eigenvalue weighted by atomic mass is 9.88. The van der Waals surface area contributed by atoms with Crippen LogP contribution in [-0.2, 0) is 38.4 Å². The van der Waals surface area contributed by atoms with Gasteiger partial charge in [0.05, 0.1) is 30.6 Å². The topological polar surface area (TPSA) is 247 Å². The largest absolute Gasteiger partial charge is 0.477 e. The average Bonchev–Trinajstić information content (AvgIpc) is 3.71. The minimum atomic E-state index is -2.41. The average molecular weight is 680 g/mol. The summed E-state index contributed by atoms with van der Waals surface area (Å²) in [6.07, 6.45) is -2.12. The third kappa shape index (κ3) is 8.60. The van der Waals surface area contributed by atoms with Crippen molar-refractivity contribution in [3.8, 4) is 0 Å². The molecule has 1 aliphatic rings. The van der Waals surface area contributed by atoms with Gasteiger partial charge in [-0.25, -0.2) is 4.79 Å². The molecule has 1 saturated heterocycles. The van der Waals surface area contributed by atoms with E-state index in [-0.39, 0.29) is 6.61 Å². The Hall–Kier alpha value is -4.87. The minimum Gasteiger partial charge on any atom is -0.477 e. The molecule has 1 unspecified atom stereocenters. The summed E-state index contributed by atoms with van der Waals surface area (Å²) in [5.41, 5.74) is 9.68. The van der Waals surface area contributed by atoms with Gasteiger partial charge in [-0.2, -0.15) is 0 Å². The van der Waals surface area contributed by atoms with Crippen molar-refractivity contribution in [1.82, 2.24) is 30.6 Å². The van der Waals surface area contributed by atoms with Crippen molar-refractivity contribution >= 4 is 34.4 Å². The molecule has 6 atom stereocenters. The SMILES string of the molecule is CC(=O)N[C@H]1C([C@H](O)[C@H](O)CNC(=O)c2ccccc2)O[C@@](OCCCc2cn(CCc3c[nH]c4ccc(N)cc34)nn2)(C(=O)O)C[C@@H]1O. The predicted octanol–water partition coefficient (Wildman–Crippen LogP) is 0.121. The molecule has 5 rings (SSSR count). The highest BCUT2D eigenvalue weighted by Crippen LogP contribution is 2.34.